The van der Waals surface area contributed by atoms with Crippen molar-refractivity contribution < 1.29 is 19.0 Å². The number of aromatic nitrogens is 3. The molecule has 0 aliphatic heterocycles. The van der Waals surface area contributed by atoms with E-state index in [0.29, 0.717) is 38.5 Å². The summed E-state index contributed by atoms with van der Waals surface area (Å²) in [6.45, 7) is 9.84. The maximum absolute atomic E-state index is 12.8. The fourth-order valence-corrected chi connectivity index (χ4v) is 6.27. The Morgan fingerprint density at radius 1 is 0.830 bits per heavy atom. The van der Waals surface area contributed by atoms with Crippen molar-refractivity contribution in [3.05, 3.63) is 139 Å². The lowest BCUT2D eigenvalue weighted by Gasteiger charge is -2.13. The van der Waals surface area contributed by atoms with Crippen LogP contribution in [0.2, 0.25) is 0 Å². The lowest BCUT2D eigenvalue weighted by Crippen LogP contribution is -2.05. The highest BCUT2D eigenvalue weighted by atomic mass is 16.5. The fourth-order valence-electron chi connectivity index (χ4n) is 6.27. The molecule has 238 valence electrons. The summed E-state index contributed by atoms with van der Waals surface area (Å²) in [7, 11) is 1.92. The lowest BCUT2D eigenvalue weighted by atomic mass is 9.98. The Balaban J connectivity index is 1.38. The van der Waals surface area contributed by atoms with Gasteiger partial charge >= 0.3 is 0 Å². The van der Waals surface area contributed by atoms with E-state index >= 15 is 0 Å². The number of hydrogen-bond acceptors (Lipinski definition) is 5. The Morgan fingerprint density at radius 2 is 1.60 bits per heavy atom. The fraction of sp³-hybridized carbons (Fsp3) is 0.200. The van der Waals surface area contributed by atoms with Gasteiger partial charge in [0.05, 0.1) is 36.7 Å². The van der Waals surface area contributed by atoms with E-state index in [4.69, 9.17) is 19.3 Å². The number of carbonyl (C=O) groups is 1. The minimum atomic E-state index is 0.270. The highest BCUT2D eigenvalue weighted by Gasteiger charge is 2.25. The van der Waals surface area contributed by atoms with Crippen LogP contribution in [0.4, 0.5) is 0 Å². The first-order valence-corrected chi connectivity index (χ1v) is 15.9. The van der Waals surface area contributed by atoms with Crippen LogP contribution in [0.1, 0.15) is 33.9 Å². The van der Waals surface area contributed by atoms with Gasteiger partial charge in [-0.3, -0.25) is 9.48 Å². The maximum Gasteiger partial charge on any atom is 0.166 e. The monoisotopic (exact) mass is 625 g/mol. The van der Waals surface area contributed by atoms with Crippen LogP contribution in [0.3, 0.4) is 0 Å². The van der Waals surface area contributed by atoms with Crippen LogP contribution in [0.15, 0.2) is 116 Å². The number of benzene rings is 4. The molecule has 2 heterocycles. The van der Waals surface area contributed by atoms with Crippen molar-refractivity contribution in [1.29, 1.82) is 0 Å². The smallest absolute Gasteiger partial charge is 0.166 e. The third-order valence-electron chi connectivity index (χ3n) is 8.33. The van der Waals surface area contributed by atoms with Crippen LogP contribution in [0, 0.1) is 0 Å². The van der Waals surface area contributed by atoms with Crippen LogP contribution in [-0.4, -0.2) is 33.8 Å². The third-order valence-corrected chi connectivity index (χ3v) is 8.33. The van der Waals surface area contributed by atoms with Gasteiger partial charge < -0.3 is 18.8 Å². The second-order valence-corrected chi connectivity index (χ2v) is 11.3. The molecule has 4 aromatic carbocycles. The van der Waals surface area contributed by atoms with Gasteiger partial charge in [0.1, 0.15) is 23.8 Å². The predicted octanol–water partition coefficient (Wildman–Crippen LogP) is 8.49. The van der Waals surface area contributed by atoms with Gasteiger partial charge in [0.25, 0.3) is 0 Å². The zero-order valence-corrected chi connectivity index (χ0v) is 26.7. The summed E-state index contributed by atoms with van der Waals surface area (Å²) in [6, 6.07) is 30.3. The summed E-state index contributed by atoms with van der Waals surface area (Å²) in [4.78, 5) is 12.8. The van der Waals surface area contributed by atoms with Crippen LogP contribution in [0.25, 0.3) is 32.8 Å². The molecule has 0 radical (unpaired) electrons. The first-order valence-electron chi connectivity index (χ1n) is 15.9. The molecule has 7 heteroatoms. The van der Waals surface area contributed by atoms with Crippen LogP contribution in [0.5, 0.6) is 11.5 Å². The average molecular weight is 626 g/mol. The number of carbonyl (C=O) groups excluding carboxylic acids is 1. The Bertz CT molecular complexity index is 2020. The zero-order valence-electron chi connectivity index (χ0n) is 26.7. The van der Waals surface area contributed by atoms with Gasteiger partial charge in [-0.25, -0.2) is 0 Å². The normalized spacial score (nSPS) is 11.2. The number of hydrogen-bond donors (Lipinski definition) is 0. The van der Waals surface area contributed by atoms with Gasteiger partial charge in [-0.05, 0) is 42.0 Å². The van der Waals surface area contributed by atoms with Crippen molar-refractivity contribution >= 4 is 28.0 Å². The van der Waals surface area contributed by atoms with Crippen molar-refractivity contribution in [2.45, 2.75) is 32.6 Å². The molecule has 0 bridgehead atoms. The standard InChI is InChI=1S/C40H39N3O4/c1-4-23-43-36(26-44)32(21-13-25-46-38-22-11-15-29-14-9-10-18-31(29)38)33-19-12-20-34(40(33)43)39-35(27-47-30-16-7-6-8-17-30)41-42(3)37(39)28-45-24-5-2/h4-12,14-20,22,26H,1-2,13,21,23-25,27-28H2,3H3. The molecular formula is C40H39N3O4. The number of allylic oxidation sites excluding steroid dienone is 1. The second kappa shape index (κ2) is 14.8. The third kappa shape index (κ3) is 6.62. The van der Waals surface area contributed by atoms with E-state index in [1.54, 1.807) is 6.08 Å². The molecule has 0 N–H and O–H groups in total. The zero-order chi connectivity index (χ0) is 32.6. The Morgan fingerprint density at radius 3 is 2.40 bits per heavy atom. The molecule has 0 atom stereocenters. The Kier molecular flexibility index (Phi) is 9.94. The maximum atomic E-state index is 12.8. The summed E-state index contributed by atoms with van der Waals surface area (Å²) >= 11 is 0. The quantitative estimate of drug-likeness (QED) is 0.0613. The molecule has 0 aliphatic carbocycles. The molecule has 0 fully saturated rings. The minimum absolute atomic E-state index is 0.270. The van der Waals surface area contributed by atoms with Crippen molar-refractivity contribution in [3.63, 3.8) is 0 Å². The summed E-state index contributed by atoms with van der Waals surface area (Å²) in [5.74, 6) is 1.63. The van der Waals surface area contributed by atoms with E-state index < -0.39 is 0 Å². The highest BCUT2D eigenvalue weighted by molar-refractivity contribution is 6.02. The number of ether oxygens (including phenoxy) is 3. The molecule has 6 aromatic rings. The summed E-state index contributed by atoms with van der Waals surface area (Å²) in [5, 5.41) is 8.15. The molecule has 6 rings (SSSR count). The molecule has 0 unspecified atom stereocenters. The molecule has 0 aliphatic rings. The highest BCUT2D eigenvalue weighted by Crippen LogP contribution is 2.38. The number of aryl methyl sites for hydroxylation is 2. The second-order valence-electron chi connectivity index (χ2n) is 11.3. The Hall–Kier alpha value is -5.40. The average Bonchev–Trinajstić information content (AvgIpc) is 3.59. The predicted molar refractivity (Wildman–Crippen MR) is 188 cm³/mol. The van der Waals surface area contributed by atoms with Gasteiger partial charge in [-0.1, -0.05) is 84.9 Å². The first-order chi connectivity index (χ1) is 23.1. The van der Waals surface area contributed by atoms with Gasteiger partial charge in [-0.15, -0.1) is 13.2 Å². The first kappa shape index (κ1) is 31.6. The molecule has 7 nitrogen and oxygen atoms in total. The van der Waals surface area contributed by atoms with Crippen molar-refractivity contribution in [3.8, 4) is 22.6 Å². The topological polar surface area (TPSA) is 67.5 Å². The van der Waals surface area contributed by atoms with E-state index in [1.165, 1.54) is 0 Å². The molecule has 0 saturated heterocycles. The number of aldehydes is 1. The van der Waals surface area contributed by atoms with Crippen LogP contribution in [-0.2, 0) is 38.0 Å². The molecule has 0 spiro atoms. The van der Waals surface area contributed by atoms with E-state index in [-0.39, 0.29) is 6.61 Å². The van der Waals surface area contributed by atoms with Gasteiger partial charge in [-0.2, -0.15) is 5.10 Å². The molecule has 0 amide bonds. The van der Waals surface area contributed by atoms with E-state index in [9.17, 15) is 4.79 Å². The van der Waals surface area contributed by atoms with E-state index in [0.717, 1.165) is 74.0 Å². The Labute approximate surface area is 275 Å². The summed E-state index contributed by atoms with van der Waals surface area (Å²) < 4.78 is 22.3. The van der Waals surface area contributed by atoms with E-state index in [1.807, 2.05) is 78.5 Å². The minimum Gasteiger partial charge on any atom is -0.493 e. The van der Waals surface area contributed by atoms with Gasteiger partial charge in [0, 0.05) is 35.5 Å². The molecular weight excluding hydrogens is 586 g/mol. The van der Waals surface area contributed by atoms with Gasteiger partial charge in [0.15, 0.2) is 6.29 Å². The van der Waals surface area contributed by atoms with Gasteiger partial charge in [0.2, 0.25) is 0 Å². The SMILES string of the molecule is C=CCOCc1c(-c2cccc3c(CCCOc4cccc5ccccc45)c(C=O)n(CC=C)c23)c(COc2ccccc2)nn1C. The summed E-state index contributed by atoms with van der Waals surface area (Å²) in [6.07, 6.45) is 5.94. The number of nitrogens with zero attached hydrogens (tertiary/aromatic N) is 3. The van der Waals surface area contributed by atoms with Crippen LogP contribution < -0.4 is 9.47 Å². The summed E-state index contributed by atoms with van der Waals surface area (Å²) in [5.41, 5.74) is 6.19. The number of fused-ring (bicyclic) bond motifs is 2. The van der Waals surface area contributed by atoms with Crippen LogP contribution >= 0.6 is 0 Å². The number of rotatable bonds is 16. The van der Waals surface area contributed by atoms with Crippen molar-refractivity contribution in [2.75, 3.05) is 13.2 Å². The molecule has 47 heavy (non-hydrogen) atoms. The molecule has 0 saturated carbocycles. The lowest BCUT2D eigenvalue weighted by molar-refractivity contribution is 0.111. The largest absolute Gasteiger partial charge is 0.493 e. The number of para-hydroxylation sites is 2. The van der Waals surface area contributed by atoms with Crippen molar-refractivity contribution in [1.82, 2.24) is 14.3 Å². The van der Waals surface area contributed by atoms with Crippen molar-refractivity contribution in [2.24, 2.45) is 7.05 Å². The molecule has 2 aromatic heterocycles. The van der Waals surface area contributed by atoms with E-state index in [2.05, 4.69) is 48.1 Å².